The summed E-state index contributed by atoms with van der Waals surface area (Å²) < 4.78 is 24.8. The summed E-state index contributed by atoms with van der Waals surface area (Å²) in [4.78, 5) is 27.2. The highest BCUT2D eigenvalue weighted by atomic mass is 32.2. The minimum atomic E-state index is -3.34. The van der Waals surface area contributed by atoms with Gasteiger partial charge in [-0.05, 0) is 48.6 Å². The Kier molecular flexibility index (Phi) is 5.81. The van der Waals surface area contributed by atoms with Gasteiger partial charge in [0, 0.05) is 30.4 Å². The summed E-state index contributed by atoms with van der Waals surface area (Å²) in [6.45, 7) is 1.13. The zero-order chi connectivity index (χ0) is 19.4. The van der Waals surface area contributed by atoms with Crippen LogP contribution in [0.1, 0.15) is 32.9 Å². The minimum absolute atomic E-state index is 0.0602. The lowest BCUT2D eigenvalue weighted by Crippen LogP contribution is -2.46. The fourth-order valence-corrected chi connectivity index (χ4v) is 4.16. The number of rotatable bonds is 5. The standard InChI is InChI=1S/C18H21N3O4S2/c1-27(24,25)20-15-6-4-13(5-7-15)18(23)21-10-8-14(9-11-21)19-17(22)16-3-2-12-26-16/h2-7,12,14,20H,8-11H2,1H3,(H,19,22). The van der Waals surface area contributed by atoms with Crippen molar-refractivity contribution in [3.05, 3.63) is 52.2 Å². The van der Waals surface area contributed by atoms with Crippen molar-refractivity contribution in [2.75, 3.05) is 24.1 Å². The van der Waals surface area contributed by atoms with Gasteiger partial charge in [-0.15, -0.1) is 11.3 Å². The number of piperidine rings is 1. The summed E-state index contributed by atoms with van der Waals surface area (Å²) in [6, 6.07) is 10.1. The maximum Gasteiger partial charge on any atom is 0.261 e. The van der Waals surface area contributed by atoms with E-state index in [-0.39, 0.29) is 17.9 Å². The molecular formula is C18H21N3O4S2. The van der Waals surface area contributed by atoms with E-state index in [1.54, 1.807) is 35.2 Å². The average molecular weight is 408 g/mol. The van der Waals surface area contributed by atoms with Crippen molar-refractivity contribution in [2.24, 2.45) is 0 Å². The summed E-state index contributed by atoms with van der Waals surface area (Å²) in [7, 11) is -3.34. The van der Waals surface area contributed by atoms with Gasteiger partial charge in [0.25, 0.3) is 11.8 Å². The highest BCUT2D eigenvalue weighted by Crippen LogP contribution is 2.17. The molecule has 7 nitrogen and oxygen atoms in total. The van der Waals surface area contributed by atoms with Crippen molar-refractivity contribution in [2.45, 2.75) is 18.9 Å². The maximum atomic E-state index is 12.6. The van der Waals surface area contributed by atoms with Crippen LogP contribution in [0.3, 0.4) is 0 Å². The maximum absolute atomic E-state index is 12.6. The third-order valence-electron chi connectivity index (χ3n) is 4.30. The Hall–Kier alpha value is -2.39. The van der Waals surface area contributed by atoms with Crippen molar-refractivity contribution in [1.29, 1.82) is 0 Å². The van der Waals surface area contributed by atoms with Crippen molar-refractivity contribution >= 4 is 38.9 Å². The smallest absolute Gasteiger partial charge is 0.261 e. The number of thiophene rings is 1. The molecule has 1 aliphatic rings. The number of nitrogens with one attached hydrogen (secondary N) is 2. The molecule has 144 valence electrons. The van der Waals surface area contributed by atoms with Gasteiger partial charge < -0.3 is 10.2 Å². The summed E-state index contributed by atoms with van der Waals surface area (Å²) >= 11 is 1.41. The Morgan fingerprint density at radius 1 is 1.11 bits per heavy atom. The van der Waals surface area contributed by atoms with E-state index in [0.29, 0.717) is 42.1 Å². The molecule has 0 bridgehead atoms. The van der Waals surface area contributed by atoms with Crippen LogP contribution in [0.5, 0.6) is 0 Å². The van der Waals surface area contributed by atoms with E-state index in [1.165, 1.54) is 11.3 Å². The Bertz CT molecular complexity index is 901. The molecule has 2 aromatic rings. The predicted octanol–water partition coefficient (Wildman–Crippen LogP) is 2.15. The van der Waals surface area contributed by atoms with Gasteiger partial charge in [0.2, 0.25) is 10.0 Å². The largest absolute Gasteiger partial charge is 0.348 e. The SMILES string of the molecule is CS(=O)(=O)Nc1ccc(C(=O)N2CCC(NC(=O)c3cccs3)CC2)cc1. The van der Waals surface area contributed by atoms with E-state index in [1.807, 2.05) is 11.4 Å². The van der Waals surface area contributed by atoms with Crippen molar-refractivity contribution < 1.29 is 18.0 Å². The number of nitrogens with zero attached hydrogens (tertiary/aromatic N) is 1. The van der Waals surface area contributed by atoms with E-state index < -0.39 is 10.0 Å². The number of amides is 2. The number of likely N-dealkylation sites (tertiary alicyclic amines) is 1. The van der Waals surface area contributed by atoms with Crippen molar-refractivity contribution in [3.63, 3.8) is 0 Å². The normalized spacial score (nSPS) is 15.4. The lowest BCUT2D eigenvalue weighted by Gasteiger charge is -2.32. The van der Waals surface area contributed by atoms with Crippen molar-refractivity contribution in [1.82, 2.24) is 10.2 Å². The van der Waals surface area contributed by atoms with Gasteiger partial charge in [0.05, 0.1) is 11.1 Å². The molecule has 2 N–H and O–H groups in total. The molecule has 2 amide bonds. The van der Waals surface area contributed by atoms with Crippen LogP contribution in [0, 0.1) is 0 Å². The first-order valence-corrected chi connectivity index (χ1v) is 11.3. The number of benzene rings is 1. The van der Waals surface area contributed by atoms with E-state index >= 15 is 0 Å². The van der Waals surface area contributed by atoms with Crippen LogP contribution in [-0.2, 0) is 10.0 Å². The summed E-state index contributed by atoms with van der Waals surface area (Å²) in [5, 5.41) is 4.89. The lowest BCUT2D eigenvalue weighted by molar-refractivity contribution is 0.0698. The second kappa shape index (κ2) is 8.10. The van der Waals surface area contributed by atoms with Gasteiger partial charge >= 0.3 is 0 Å². The Labute approximate surface area is 162 Å². The molecular weight excluding hydrogens is 386 g/mol. The highest BCUT2D eigenvalue weighted by Gasteiger charge is 2.25. The lowest BCUT2D eigenvalue weighted by atomic mass is 10.0. The highest BCUT2D eigenvalue weighted by molar-refractivity contribution is 7.92. The Balaban J connectivity index is 1.53. The van der Waals surface area contributed by atoms with Crippen LogP contribution < -0.4 is 10.0 Å². The van der Waals surface area contributed by atoms with Crippen LogP contribution in [0.15, 0.2) is 41.8 Å². The number of hydrogen-bond acceptors (Lipinski definition) is 5. The topological polar surface area (TPSA) is 95.6 Å². The Morgan fingerprint density at radius 3 is 2.33 bits per heavy atom. The number of hydrogen-bond donors (Lipinski definition) is 2. The average Bonchev–Trinajstić information content (AvgIpc) is 3.16. The number of carbonyl (C=O) groups is 2. The van der Waals surface area contributed by atoms with Crippen LogP contribution in [0.2, 0.25) is 0 Å². The molecule has 0 atom stereocenters. The van der Waals surface area contributed by atoms with Crippen LogP contribution >= 0.6 is 11.3 Å². The molecule has 0 spiro atoms. The van der Waals surface area contributed by atoms with Gasteiger partial charge in [-0.1, -0.05) is 6.07 Å². The van der Waals surface area contributed by atoms with Crippen LogP contribution in [0.25, 0.3) is 0 Å². The number of sulfonamides is 1. The van der Waals surface area contributed by atoms with Crippen LogP contribution in [0.4, 0.5) is 5.69 Å². The molecule has 1 saturated heterocycles. The first-order chi connectivity index (χ1) is 12.8. The fraction of sp³-hybridized carbons (Fsp3) is 0.333. The Morgan fingerprint density at radius 2 is 1.78 bits per heavy atom. The summed E-state index contributed by atoms with van der Waals surface area (Å²) in [6.07, 6.45) is 2.49. The predicted molar refractivity (Wildman–Crippen MR) is 106 cm³/mol. The molecule has 0 saturated carbocycles. The molecule has 1 aromatic carbocycles. The minimum Gasteiger partial charge on any atom is -0.348 e. The first kappa shape index (κ1) is 19.4. The molecule has 1 fully saturated rings. The number of anilines is 1. The monoisotopic (exact) mass is 407 g/mol. The van der Waals surface area contributed by atoms with Gasteiger partial charge in [-0.25, -0.2) is 8.42 Å². The van der Waals surface area contributed by atoms with E-state index in [0.717, 1.165) is 6.26 Å². The van der Waals surface area contributed by atoms with Crippen LogP contribution in [-0.4, -0.2) is 50.5 Å². The zero-order valence-electron chi connectivity index (χ0n) is 14.8. The molecule has 27 heavy (non-hydrogen) atoms. The van der Waals surface area contributed by atoms with Gasteiger partial charge in [-0.3, -0.25) is 14.3 Å². The molecule has 3 rings (SSSR count). The summed E-state index contributed by atoms with van der Waals surface area (Å²) in [5.41, 5.74) is 0.930. The van der Waals surface area contributed by atoms with E-state index in [9.17, 15) is 18.0 Å². The van der Waals surface area contributed by atoms with Crippen molar-refractivity contribution in [3.8, 4) is 0 Å². The molecule has 1 aliphatic heterocycles. The third-order valence-corrected chi connectivity index (χ3v) is 5.77. The zero-order valence-corrected chi connectivity index (χ0v) is 16.5. The quantitative estimate of drug-likeness (QED) is 0.794. The third kappa shape index (κ3) is 5.30. The molecule has 1 aromatic heterocycles. The molecule has 0 aliphatic carbocycles. The molecule has 0 radical (unpaired) electrons. The fourth-order valence-electron chi connectivity index (χ4n) is 2.97. The summed E-state index contributed by atoms with van der Waals surface area (Å²) in [5.74, 6) is -0.160. The van der Waals surface area contributed by atoms with Gasteiger partial charge in [0.1, 0.15) is 0 Å². The second-order valence-corrected chi connectivity index (χ2v) is 9.16. The molecule has 0 unspecified atom stereocenters. The first-order valence-electron chi connectivity index (χ1n) is 8.53. The van der Waals surface area contributed by atoms with E-state index in [4.69, 9.17) is 0 Å². The molecule has 9 heteroatoms. The number of carbonyl (C=O) groups excluding carboxylic acids is 2. The molecule has 2 heterocycles. The van der Waals surface area contributed by atoms with Gasteiger partial charge in [0.15, 0.2) is 0 Å². The second-order valence-electron chi connectivity index (χ2n) is 6.47. The van der Waals surface area contributed by atoms with E-state index in [2.05, 4.69) is 10.0 Å². The van der Waals surface area contributed by atoms with Gasteiger partial charge in [-0.2, -0.15) is 0 Å².